The molecule has 0 spiro atoms. The van der Waals surface area contributed by atoms with Crippen molar-refractivity contribution < 1.29 is 4.79 Å². The van der Waals surface area contributed by atoms with E-state index in [4.69, 9.17) is 5.73 Å². The highest BCUT2D eigenvalue weighted by Crippen LogP contribution is 2.24. The summed E-state index contributed by atoms with van der Waals surface area (Å²) in [7, 11) is 0. The average molecular weight is 177 g/mol. The molecule has 0 aliphatic heterocycles. The van der Waals surface area contributed by atoms with Crippen molar-refractivity contribution in [1.82, 2.24) is 0 Å². The molecular weight excluding hydrogens is 162 g/mol. The Morgan fingerprint density at radius 2 is 1.85 bits per heavy atom. The normalized spacial score (nSPS) is 13.8. The van der Waals surface area contributed by atoms with E-state index in [0.29, 0.717) is 0 Å². The smallest absolute Gasteiger partial charge is 0.137 e. The standard InChI is InChI=1S/C11H15NO/c1-11(2,10(12)8-13)9-6-4-3-5-7-9/h3-8,10H,12H2,1-2H3. The molecule has 1 rings (SSSR count). The quantitative estimate of drug-likeness (QED) is 0.711. The summed E-state index contributed by atoms with van der Waals surface area (Å²) >= 11 is 0. The predicted molar refractivity (Wildman–Crippen MR) is 53.5 cm³/mol. The number of nitrogens with two attached hydrogens (primary N) is 1. The average Bonchev–Trinajstić information content (AvgIpc) is 2.18. The van der Waals surface area contributed by atoms with Gasteiger partial charge in [0.15, 0.2) is 0 Å². The molecule has 2 heteroatoms. The molecule has 0 saturated carbocycles. The van der Waals surface area contributed by atoms with Crippen LogP contribution in [-0.2, 0) is 10.2 Å². The molecule has 2 N–H and O–H groups in total. The van der Waals surface area contributed by atoms with Gasteiger partial charge in [-0.3, -0.25) is 0 Å². The molecule has 0 radical (unpaired) electrons. The van der Waals surface area contributed by atoms with Crippen LogP contribution in [0.1, 0.15) is 19.4 Å². The fourth-order valence-corrected chi connectivity index (χ4v) is 1.23. The summed E-state index contributed by atoms with van der Waals surface area (Å²) in [5.41, 5.74) is 6.52. The summed E-state index contributed by atoms with van der Waals surface area (Å²) in [6, 6.07) is 9.39. The van der Waals surface area contributed by atoms with Crippen LogP contribution in [0.5, 0.6) is 0 Å². The lowest BCUT2D eigenvalue weighted by atomic mass is 9.79. The van der Waals surface area contributed by atoms with E-state index < -0.39 is 6.04 Å². The number of rotatable bonds is 3. The number of benzene rings is 1. The molecule has 0 saturated heterocycles. The molecule has 1 atom stereocenters. The molecule has 0 fully saturated rings. The van der Waals surface area contributed by atoms with Crippen LogP contribution in [0.25, 0.3) is 0 Å². The Kier molecular flexibility index (Phi) is 2.83. The maximum Gasteiger partial charge on any atom is 0.137 e. The molecule has 0 aliphatic rings. The van der Waals surface area contributed by atoms with Crippen LogP contribution in [0, 0.1) is 0 Å². The van der Waals surface area contributed by atoms with Gasteiger partial charge in [0.25, 0.3) is 0 Å². The maximum absolute atomic E-state index is 10.6. The van der Waals surface area contributed by atoms with Gasteiger partial charge in [-0.25, -0.2) is 0 Å². The first-order chi connectivity index (χ1) is 6.09. The van der Waals surface area contributed by atoms with E-state index in [1.807, 2.05) is 44.2 Å². The van der Waals surface area contributed by atoms with Crippen molar-refractivity contribution >= 4 is 6.29 Å². The summed E-state index contributed by atoms with van der Waals surface area (Å²) < 4.78 is 0. The van der Waals surface area contributed by atoms with Crippen molar-refractivity contribution in [3.63, 3.8) is 0 Å². The van der Waals surface area contributed by atoms with Gasteiger partial charge in [0.1, 0.15) is 6.29 Å². The van der Waals surface area contributed by atoms with Crippen LogP contribution >= 0.6 is 0 Å². The second-order valence-electron chi connectivity index (χ2n) is 3.75. The largest absolute Gasteiger partial charge is 0.321 e. The number of hydrogen-bond acceptors (Lipinski definition) is 2. The Morgan fingerprint density at radius 3 is 2.31 bits per heavy atom. The minimum Gasteiger partial charge on any atom is -0.321 e. The van der Waals surface area contributed by atoms with Crippen LogP contribution in [0.3, 0.4) is 0 Å². The predicted octanol–water partition coefficient (Wildman–Crippen LogP) is 1.49. The van der Waals surface area contributed by atoms with Gasteiger partial charge in [0, 0.05) is 5.41 Å². The first kappa shape index (κ1) is 9.93. The lowest BCUT2D eigenvalue weighted by molar-refractivity contribution is -0.110. The Morgan fingerprint density at radius 1 is 1.31 bits per heavy atom. The molecule has 1 aromatic rings. The fourth-order valence-electron chi connectivity index (χ4n) is 1.23. The number of carbonyl (C=O) groups excluding carboxylic acids is 1. The fraction of sp³-hybridized carbons (Fsp3) is 0.364. The van der Waals surface area contributed by atoms with Gasteiger partial charge >= 0.3 is 0 Å². The molecule has 13 heavy (non-hydrogen) atoms. The molecule has 2 nitrogen and oxygen atoms in total. The summed E-state index contributed by atoms with van der Waals surface area (Å²) in [4.78, 5) is 10.6. The van der Waals surface area contributed by atoms with Gasteiger partial charge in [-0.2, -0.15) is 0 Å². The lowest BCUT2D eigenvalue weighted by Gasteiger charge is -2.28. The molecule has 0 aliphatic carbocycles. The van der Waals surface area contributed by atoms with Crippen molar-refractivity contribution in [3.05, 3.63) is 35.9 Å². The zero-order valence-corrected chi connectivity index (χ0v) is 8.03. The van der Waals surface area contributed by atoms with Crippen molar-refractivity contribution in [1.29, 1.82) is 0 Å². The summed E-state index contributed by atoms with van der Waals surface area (Å²) in [6.45, 7) is 3.95. The third-order valence-electron chi connectivity index (χ3n) is 2.50. The van der Waals surface area contributed by atoms with Gasteiger partial charge < -0.3 is 10.5 Å². The van der Waals surface area contributed by atoms with Crippen molar-refractivity contribution in [2.45, 2.75) is 25.3 Å². The highest BCUT2D eigenvalue weighted by atomic mass is 16.1. The van der Waals surface area contributed by atoms with E-state index >= 15 is 0 Å². The zero-order chi connectivity index (χ0) is 9.90. The number of aldehydes is 1. The summed E-state index contributed by atoms with van der Waals surface area (Å²) in [5, 5.41) is 0. The summed E-state index contributed by atoms with van der Waals surface area (Å²) in [6.07, 6.45) is 0.799. The lowest BCUT2D eigenvalue weighted by Crippen LogP contribution is -2.41. The molecule has 0 bridgehead atoms. The van der Waals surface area contributed by atoms with E-state index in [0.717, 1.165) is 11.8 Å². The third-order valence-corrected chi connectivity index (χ3v) is 2.50. The van der Waals surface area contributed by atoms with Crippen molar-refractivity contribution in [2.75, 3.05) is 0 Å². The third kappa shape index (κ3) is 1.95. The van der Waals surface area contributed by atoms with Gasteiger partial charge in [-0.1, -0.05) is 44.2 Å². The highest BCUT2D eigenvalue weighted by Gasteiger charge is 2.27. The second kappa shape index (κ2) is 3.71. The number of carbonyl (C=O) groups is 1. The van der Waals surface area contributed by atoms with Crippen molar-refractivity contribution in [2.24, 2.45) is 5.73 Å². The first-order valence-corrected chi connectivity index (χ1v) is 4.35. The Hall–Kier alpha value is -1.15. The van der Waals surface area contributed by atoms with E-state index in [9.17, 15) is 4.79 Å². The molecule has 70 valence electrons. The Labute approximate surface area is 78.8 Å². The molecule has 1 aromatic carbocycles. The Bertz CT molecular complexity index is 279. The van der Waals surface area contributed by atoms with E-state index in [-0.39, 0.29) is 5.41 Å². The molecule has 0 amide bonds. The van der Waals surface area contributed by atoms with Crippen LogP contribution < -0.4 is 5.73 Å². The van der Waals surface area contributed by atoms with Gasteiger partial charge in [0.05, 0.1) is 6.04 Å². The first-order valence-electron chi connectivity index (χ1n) is 4.35. The minimum absolute atomic E-state index is 0.289. The van der Waals surface area contributed by atoms with Crippen LogP contribution in [0.2, 0.25) is 0 Å². The zero-order valence-electron chi connectivity index (χ0n) is 8.03. The SMILES string of the molecule is CC(C)(c1ccccc1)C(N)C=O. The van der Waals surface area contributed by atoms with Crippen LogP contribution in [0.15, 0.2) is 30.3 Å². The monoisotopic (exact) mass is 177 g/mol. The highest BCUT2D eigenvalue weighted by molar-refractivity contribution is 5.61. The second-order valence-corrected chi connectivity index (χ2v) is 3.75. The topological polar surface area (TPSA) is 43.1 Å². The molecule has 0 aromatic heterocycles. The van der Waals surface area contributed by atoms with Crippen LogP contribution in [0.4, 0.5) is 0 Å². The maximum atomic E-state index is 10.6. The van der Waals surface area contributed by atoms with Crippen molar-refractivity contribution in [3.8, 4) is 0 Å². The van der Waals surface area contributed by atoms with Gasteiger partial charge in [-0.05, 0) is 5.56 Å². The molecule has 1 unspecified atom stereocenters. The molecular formula is C11H15NO. The van der Waals surface area contributed by atoms with E-state index in [1.165, 1.54) is 0 Å². The van der Waals surface area contributed by atoms with Crippen LogP contribution in [-0.4, -0.2) is 12.3 Å². The summed E-state index contributed by atoms with van der Waals surface area (Å²) in [5.74, 6) is 0. The Balaban J connectivity index is 3.00. The number of hydrogen-bond donors (Lipinski definition) is 1. The minimum atomic E-state index is -0.449. The van der Waals surface area contributed by atoms with Gasteiger partial charge in [0.2, 0.25) is 0 Å². The van der Waals surface area contributed by atoms with Gasteiger partial charge in [-0.15, -0.1) is 0 Å². The van der Waals surface area contributed by atoms with E-state index in [1.54, 1.807) is 0 Å². The molecule has 0 heterocycles. The van der Waals surface area contributed by atoms with E-state index in [2.05, 4.69) is 0 Å².